The van der Waals surface area contributed by atoms with Gasteiger partial charge in [0.05, 0.1) is 30.3 Å². The molecule has 0 N–H and O–H groups in total. The minimum atomic E-state index is -0.485. The lowest BCUT2D eigenvalue weighted by molar-refractivity contribution is -0.384. The molecule has 2 aromatic carbocycles. The van der Waals surface area contributed by atoms with Gasteiger partial charge in [0.15, 0.2) is 4.32 Å². The third-order valence-electron chi connectivity index (χ3n) is 3.93. The SMILES string of the molecule is COc1ccc(/C=C2/SC(=S)N(/N=C/c3ccc([N+](=O)[O-])cc3)C2=O)c(OC)c1. The Hall–Kier alpha value is -3.24. The topological polar surface area (TPSA) is 94.3 Å². The molecule has 2 aromatic rings. The number of rotatable bonds is 6. The van der Waals surface area contributed by atoms with Crippen LogP contribution in [0.3, 0.4) is 0 Å². The molecule has 148 valence electrons. The quantitative estimate of drug-likeness (QED) is 0.226. The monoisotopic (exact) mass is 429 g/mol. The molecule has 3 rings (SSSR count). The van der Waals surface area contributed by atoms with Crippen molar-refractivity contribution in [3.8, 4) is 11.5 Å². The van der Waals surface area contributed by atoms with Gasteiger partial charge in [-0.2, -0.15) is 10.1 Å². The van der Waals surface area contributed by atoms with Crippen LogP contribution in [0.5, 0.6) is 11.5 Å². The summed E-state index contributed by atoms with van der Waals surface area (Å²) in [6.07, 6.45) is 3.10. The Kier molecular flexibility index (Phi) is 6.25. The van der Waals surface area contributed by atoms with Gasteiger partial charge in [0, 0.05) is 23.8 Å². The minimum absolute atomic E-state index is 0.0240. The van der Waals surface area contributed by atoms with E-state index in [2.05, 4.69) is 5.10 Å². The summed E-state index contributed by atoms with van der Waals surface area (Å²) in [7, 11) is 3.09. The Morgan fingerprint density at radius 2 is 1.90 bits per heavy atom. The number of methoxy groups -OCH3 is 2. The molecule has 0 spiro atoms. The Morgan fingerprint density at radius 1 is 1.17 bits per heavy atom. The zero-order valence-electron chi connectivity index (χ0n) is 15.4. The number of amides is 1. The summed E-state index contributed by atoms with van der Waals surface area (Å²) in [5.41, 5.74) is 1.28. The predicted molar refractivity (Wildman–Crippen MR) is 115 cm³/mol. The van der Waals surface area contributed by atoms with Gasteiger partial charge < -0.3 is 9.47 Å². The highest BCUT2D eigenvalue weighted by atomic mass is 32.2. The van der Waals surface area contributed by atoms with Gasteiger partial charge in [-0.1, -0.05) is 11.8 Å². The average molecular weight is 429 g/mol. The number of non-ortho nitro benzene ring substituents is 1. The second-order valence-electron chi connectivity index (χ2n) is 5.69. The Morgan fingerprint density at radius 3 is 2.52 bits per heavy atom. The van der Waals surface area contributed by atoms with Gasteiger partial charge in [0.1, 0.15) is 11.5 Å². The van der Waals surface area contributed by atoms with Crippen molar-refractivity contribution in [1.29, 1.82) is 0 Å². The summed E-state index contributed by atoms with van der Waals surface area (Å²) >= 11 is 6.38. The van der Waals surface area contributed by atoms with Gasteiger partial charge >= 0.3 is 0 Å². The molecule has 1 saturated heterocycles. The van der Waals surface area contributed by atoms with Crippen LogP contribution in [0.2, 0.25) is 0 Å². The largest absolute Gasteiger partial charge is 0.497 e. The van der Waals surface area contributed by atoms with Crippen LogP contribution >= 0.6 is 24.0 Å². The molecule has 29 heavy (non-hydrogen) atoms. The van der Waals surface area contributed by atoms with Crippen molar-refractivity contribution in [1.82, 2.24) is 5.01 Å². The number of carbonyl (C=O) groups is 1. The van der Waals surface area contributed by atoms with E-state index in [4.69, 9.17) is 21.7 Å². The first kappa shape index (κ1) is 20.5. The lowest BCUT2D eigenvalue weighted by Crippen LogP contribution is -2.22. The van der Waals surface area contributed by atoms with Crippen molar-refractivity contribution >= 4 is 52.2 Å². The number of thiocarbonyl (C=S) groups is 1. The van der Waals surface area contributed by atoms with E-state index in [1.54, 1.807) is 31.4 Å². The van der Waals surface area contributed by atoms with Crippen LogP contribution in [0.1, 0.15) is 11.1 Å². The molecule has 0 aromatic heterocycles. The molecule has 0 atom stereocenters. The fourth-order valence-electron chi connectivity index (χ4n) is 2.44. The molecule has 1 amide bonds. The van der Waals surface area contributed by atoms with E-state index in [0.29, 0.717) is 27.5 Å². The zero-order chi connectivity index (χ0) is 21.0. The molecule has 1 heterocycles. The van der Waals surface area contributed by atoms with E-state index in [9.17, 15) is 14.9 Å². The Balaban J connectivity index is 1.81. The molecule has 1 aliphatic rings. The average Bonchev–Trinajstić information content (AvgIpc) is 2.99. The summed E-state index contributed by atoms with van der Waals surface area (Å²) in [6, 6.07) is 11.1. The first-order valence-corrected chi connectivity index (χ1v) is 9.44. The van der Waals surface area contributed by atoms with Gasteiger partial charge in [-0.15, -0.1) is 0 Å². The number of hydrazone groups is 1. The van der Waals surface area contributed by atoms with Gasteiger partial charge in [-0.25, -0.2) is 0 Å². The van der Waals surface area contributed by atoms with E-state index in [1.807, 2.05) is 0 Å². The molecular weight excluding hydrogens is 414 g/mol. The smallest absolute Gasteiger partial charge is 0.286 e. The van der Waals surface area contributed by atoms with E-state index >= 15 is 0 Å². The van der Waals surface area contributed by atoms with Crippen molar-refractivity contribution in [3.63, 3.8) is 0 Å². The fraction of sp³-hybridized carbons (Fsp3) is 0.105. The molecular formula is C19H15N3O5S2. The Bertz CT molecular complexity index is 1030. The number of ether oxygens (including phenoxy) is 2. The van der Waals surface area contributed by atoms with Crippen molar-refractivity contribution in [2.45, 2.75) is 0 Å². The van der Waals surface area contributed by atoms with Crippen LogP contribution in [-0.4, -0.2) is 40.6 Å². The second kappa shape index (κ2) is 8.84. The molecule has 1 aliphatic heterocycles. The number of hydrogen-bond acceptors (Lipinski definition) is 8. The lowest BCUT2D eigenvalue weighted by atomic mass is 10.1. The third-order valence-corrected chi connectivity index (χ3v) is 5.21. The number of nitro groups is 1. The predicted octanol–water partition coefficient (Wildman–Crippen LogP) is 3.85. The van der Waals surface area contributed by atoms with E-state index in [0.717, 1.165) is 16.8 Å². The maximum atomic E-state index is 12.7. The highest BCUT2D eigenvalue weighted by Crippen LogP contribution is 2.35. The highest BCUT2D eigenvalue weighted by molar-refractivity contribution is 8.26. The van der Waals surface area contributed by atoms with E-state index < -0.39 is 4.92 Å². The van der Waals surface area contributed by atoms with Crippen LogP contribution in [-0.2, 0) is 4.79 Å². The number of benzene rings is 2. The summed E-state index contributed by atoms with van der Waals surface area (Å²) in [6.45, 7) is 0. The fourth-order valence-corrected chi connectivity index (χ4v) is 3.61. The van der Waals surface area contributed by atoms with E-state index in [-0.39, 0.29) is 15.9 Å². The molecule has 0 radical (unpaired) electrons. The number of hydrogen-bond donors (Lipinski definition) is 0. The number of nitrogens with zero attached hydrogens (tertiary/aromatic N) is 3. The van der Waals surface area contributed by atoms with Crippen LogP contribution < -0.4 is 9.47 Å². The van der Waals surface area contributed by atoms with Crippen molar-refractivity contribution in [2.24, 2.45) is 5.10 Å². The maximum Gasteiger partial charge on any atom is 0.286 e. The van der Waals surface area contributed by atoms with Crippen molar-refractivity contribution in [2.75, 3.05) is 14.2 Å². The van der Waals surface area contributed by atoms with Crippen molar-refractivity contribution < 1.29 is 19.2 Å². The standard InChI is InChI=1S/C19H15N3O5S2/c1-26-15-8-5-13(16(10-15)27-2)9-17-18(23)21(19(28)29-17)20-11-12-3-6-14(7-4-12)22(24)25/h3-11H,1-2H3/b17-9+,20-11+. The summed E-state index contributed by atoms with van der Waals surface area (Å²) in [4.78, 5) is 23.3. The minimum Gasteiger partial charge on any atom is -0.497 e. The second-order valence-corrected chi connectivity index (χ2v) is 7.37. The van der Waals surface area contributed by atoms with Crippen LogP contribution in [0, 0.1) is 10.1 Å². The molecule has 10 heteroatoms. The highest BCUT2D eigenvalue weighted by Gasteiger charge is 2.32. The number of carbonyl (C=O) groups excluding carboxylic acids is 1. The number of nitro benzene ring substituents is 1. The molecule has 0 saturated carbocycles. The van der Waals surface area contributed by atoms with Gasteiger partial charge in [0.25, 0.3) is 11.6 Å². The van der Waals surface area contributed by atoms with Crippen LogP contribution in [0.25, 0.3) is 6.08 Å². The van der Waals surface area contributed by atoms with Gasteiger partial charge in [0.2, 0.25) is 0 Å². The zero-order valence-corrected chi connectivity index (χ0v) is 17.0. The summed E-state index contributed by atoms with van der Waals surface area (Å²) in [5, 5.41) is 16.0. The number of thioether (sulfide) groups is 1. The maximum absolute atomic E-state index is 12.7. The van der Waals surface area contributed by atoms with Gasteiger partial charge in [-0.05, 0) is 48.1 Å². The van der Waals surface area contributed by atoms with Crippen LogP contribution in [0.4, 0.5) is 5.69 Å². The molecule has 8 nitrogen and oxygen atoms in total. The summed E-state index contributed by atoms with van der Waals surface area (Å²) < 4.78 is 10.8. The van der Waals surface area contributed by atoms with Gasteiger partial charge in [-0.3, -0.25) is 14.9 Å². The molecule has 0 aliphatic carbocycles. The first-order chi connectivity index (χ1) is 13.9. The third kappa shape index (κ3) is 4.61. The first-order valence-electron chi connectivity index (χ1n) is 8.21. The molecule has 0 unspecified atom stereocenters. The summed E-state index contributed by atoms with van der Waals surface area (Å²) in [5.74, 6) is 0.833. The van der Waals surface area contributed by atoms with Crippen molar-refractivity contribution in [3.05, 3.63) is 68.6 Å². The normalized spacial score (nSPS) is 15.4. The molecule has 0 bridgehead atoms. The lowest BCUT2D eigenvalue weighted by Gasteiger charge is -2.08. The molecule has 1 fully saturated rings. The van der Waals surface area contributed by atoms with Crippen LogP contribution in [0.15, 0.2) is 52.5 Å². The Labute approximate surface area is 175 Å². The van der Waals surface area contributed by atoms with E-state index in [1.165, 1.54) is 37.6 Å².